The Labute approximate surface area is 80.9 Å². The van der Waals surface area contributed by atoms with Gasteiger partial charge in [-0.3, -0.25) is 10.3 Å². The van der Waals surface area contributed by atoms with E-state index < -0.39 is 6.09 Å². The van der Waals surface area contributed by atoms with Gasteiger partial charge in [-0.25, -0.2) is 4.79 Å². The molecule has 1 amide bonds. The Morgan fingerprint density at radius 2 is 2.46 bits per heavy atom. The summed E-state index contributed by atoms with van der Waals surface area (Å²) < 4.78 is 4.38. The SMILES string of the molecule is COC(=O)NC(=S)c1cccnc1. The molecule has 0 aromatic carbocycles. The molecule has 5 heteroatoms. The molecule has 0 aliphatic carbocycles. The summed E-state index contributed by atoms with van der Waals surface area (Å²) >= 11 is 4.91. The van der Waals surface area contributed by atoms with E-state index in [1.165, 1.54) is 7.11 Å². The normalized spacial score (nSPS) is 9.00. The average Bonchev–Trinajstić information content (AvgIpc) is 2.19. The minimum atomic E-state index is -0.575. The van der Waals surface area contributed by atoms with Gasteiger partial charge in [-0.1, -0.05) is 12.2 Å². The summed E-state index contributed by atoms with van der Waals surface area (Å²) in [6.07, 6.45) is 2.62. The van der Waals surface area contributed by atoms with E-state index in [4.69, 9.17) is 12.2 Å². The van der Waals surface area contributed by atoms with E-state index in [-0.39, 0.29) is 0 Å². The molecule has 0 atom stereocenters. The van der Waals surface area contributed by atoms with Crippen molar-refractivity contribution >= 4 is 23.3 Å². The predicted octanol–water partition coefficient (Wildman–Crippen LogP) is 1.11. The van der Waals surface area contributed by atoms with Crippen LogP contribution in [-0.2, 0) is 4.74 Å². The molecule has 13 heavy (non-hydrogen) atoms. The smallest absolute Gasteiger partial charge is 0.412 e. The van der Waals surface area contributed by atoms with Crippen LogP contribution in [0.5, 0.6) is 0 Å². The lowest BCUT2D eigenvalue weighted by Crippen LogP contribution is -2.29. The van der Waals surface area contributed by atoms with Crippen LogP contribution in [0.2, 0.25) is 0 Å². The Bertz CT molecular complexity index is 313. The average molecular weight is 196 g/mol. The third-order valence-corrected chi connectivity index (χ3v) is 1.66. The van der Waals surface area contributed by atoms with Crippen LogP contribution in [0.25, 0.3) is 0 Å². The molecule has 0 radical (unpaired) electrons. The van der Waals surface area contributed by atoms with Crippen LogP contribution in [0.1, 0.15) is 5.56 Å². The van der Waals surface area contributed by atoms with Gasteiger partial charge in [0.2, 0.25) is 0 Å². The number of hydrogen-bond acceptors (Lipinski definition) is 4. The van der Waals surface area contributed by atoms with E-state index in [2.05, 4.69) is 15.0 Å². The number of nitrogens with zero attached hydrogens (tertiary/aromatic N) is 1. The highest BCUT2D eigenvalue weighted by atomic mass is 32.1. The Balaban J connectivity index is 2.65. The van der Waals surface area contributed by atoms with Crippen molar-refractivity contribution < 1.29 is 9.53 Å². The Morgan fingerprint density at radius 1 is 1.69 bits per heavy atom. The topological polar surface area (TPSA) is 51.2 Å². The minimum absolute atomic E-state index is 0.306. The van der Waals surface area contributed by atoms with E-state index in [1.807, 2.05) is 0 Å². The van der Waals surface area contributed by atoms with Crippen molar-refractivity contribution in [1.29, 1.82) is 0 Å². The summed E-state index contributed by atoms with van der Waals surface area (Å²) in [6.45, 7) is 0. The summed E-state index contributed by atoms with van der Waals surface area (Å²) in [4.78, 5) is 14.9. The third-order valence-electron chi connectivity index (χ3n) is 1.32. The number of methoxy groups -OCH3 is 1. The molecule has 1 rings (SSSR count). The first-order valence-corrected chi connectivity index (χ1v) is 3.94. The maximum absolute atomic E-state index is 10.8. The molecule has 0 unspecified atom stereocenters. The Kier molecular flexibility index (Phi) is 3.33. The van der Waals surface area contributed by atoms with Crippen molar-refractivity contribution in [2.45, 2.75) is 0 Å². The molecule has 1 heterocycles. The molecule has 0 aliphatic rings. The minimum Gasteiger partial charge on any atom is -0.453 e. The number of thiocarbonyl (C=S) groups is 1. The van der Waals surface area contributed by atoms with E-state index in [0.717, 1.165) is 0 Å². The van der Waals surface area contributed by atoms with Crippen LogP contribution in [0.4, 0.5) is 4.79 Å². The van der Waals surface area contributed by atoms with Gasteiger partial charge < -0.3 is 4.74 Å². The van der Waals surface area contributed by atoms with Crippen LogP contribution >= 0.6 is 12.2 Å². The first-order valence-electron chi connectivity index (χ1n) is 3.53. The fraction of sp³-hybridized carbons (Fsp3) is 0.125. The number of rotatable bonds is 1. The molecule has 0 spiro atoms. The molecule has 0 aliphatic heterocycles. The van der Waals surface area contributed by atoms with Crippen LogP contribution in [0.15, 0.2) is 24.5 Å². The van der Waals surface area contributed by atoms with E-state index >= 15 is 0 Å². The third kappa shape index (κ3) is 2.79. The highest BCUT2D eigenvalue weighted by Crippen LogP contribution is 1.96. The molecule has 0 saturated carbocycles. The second-order valence-electron chi connectivity index (χ2n) is 2.19. The maximum Gasteiger partial charge on any atom is 0.412 e. The van der Waals surface area contributed by atoms with Gasteiger partial charge in [0.05, 0.1) is 7.11 Å². The fourth-order valence-electron chi connectivity index (χ4n) is 0.713. The van der Waals surface area contributed by atoms with Crippen molar-refractivity contribution in [1.82, 2.24) is 10.3 Å². The molecule has 0 saturated heterocycles. The van der Waals surface area contributed by atoms with E-state index in [0.29, 0.717) is 10.6 Å². The largest absolute Gasteiger partial charge is 0.453 e. The number of aromatic nitrogens is 1. The maximum atomic E-state index is 10.8. The number of carbonyl (C=O) groups is 1. The second kappa shape index (κ2) is 4.51. The predicted molar refractivity (Wildman–Crippen MR) is 51.5 cm³/mol. The van der Waals surface area contributed by atoms with Gasteiger partial charge in [0.15, 0.2) is 0 Å². The lowest BCUT2D eigenvalue weighted by Gasteiger charge is -2.03. The van der Waals surface area contributed by atoms with E-state index in [1.54, 1.807) is 24.5 Å². The lowest BCUT2D eigenvalue weighted by molar-refractivity contribution is 0.177. The zero-order chi connectivity index (χ0) is 9.68. The highest BCUT2D eigenvalue weighted by Gasteiger charge is 2.04. The first kappa shape index (κ1) is 9.60. The monoisotopic (exact) mass is 196 g/mol. The number of alkyl carbamates (subject to hydrolysis) is 1. The standard InChI is InChI=1S/C8H8N2O2S/c1-12-8(11)10-7(13)6-3-2-4-9-5-6/h2-5H,1H3,(H,10,11,13). The number of amides is 1. The van der Waals surface area contributed by atoms with Crippen molar-refractivity contribution in [2.24, 2.45) is 0 Å². The molecule has 0 bridgehead atoms. The van der Waals surface area contributed by atoms with Crippen molar-refractivity contribution in [3.63, 3.8) is 0 Å². The summed E-state index contributed by atoms with van der Waals surface area (Å²) in [7, 11) is 1.28. The number of pyridine rings is 1. The summed E-state index contributed by atoms with van der Waals surface area (Å²) in [5.41, 5.74) is 0.683. The van der Waals surface area contributed by atoms with Gasteiger partial charge >= 0.3 is 6.09 Å². The van der Waals surface area contributed by atoms with Gasteiger partial charge in [-0.2, -0.15) is 0 Å². The summed E-state index contributed by atoms with van der Waals surface area (Å²) in [5.74, 6) is 0. The van der Waals surface area contributed by atoms with Crippen molar-refractivity contribution in [3.05, 3.63) is 30.1 Å². The van der Waals surface area contributed by atoms with E-state index in [9.17, 15) is 4.79 Å². The van der Waals surface area contributed by atoms with Crippen LogP contribution in [0, 0.1) is 0 Å². The molecular weight excluding hydrogens is 188 g/mol. The van der Waals surface area contributed by atoms with Crippen molar-refractivity contribution in [2.75, 3.05) is 7.11 Å². The quantitative estimate of drug-likeness (QED) is 0.684. The first-order chi connectivity index (χ1) is 6.24. The lowest BCUT2D eigenvalue weighted by atomic mass is 10.3. The number of ether oxygens (including phenoxy) is 1. The number of carbonyl (C=O) groups excluding carboxylic acids is 1. The van der Waals surface area contributed by atoms with Gasteiger partial charge in [0.1, 0.15) is 4.99 Å². The zero-order valence-electron chi connectivity index (χ0n) is 6.98. The van der Waals surface area contributed by atoms with Crippen LogP contribution in [-0.4, -0.2) is 23.2 Å². The number of hydrogen-bond donors (Lipinski definition) is 1. The number of nitrogens with one attached hydrogen (secondary N) is 1. The fourth-order valence-corrected chi connectivity index (χ4v) is 0.917. The van der Waals surface area contributed by atoms with Gasteiger partial charge in [0.25, 0.3) is 0 Å². The molecule has 68 valence electrons. The molecule has 4 nitrogen and oxygen atoms in total. The molecular formula is C8H8N2O2S. The molecule has 1 aromatic heterocycles. The molecule has 1 N–H and O–H groups in total. The molecule has 0 fully saturated rings. The van der Waals surface area contributed by atoms with Crippen LogP contribution in [0.3, 0.4) is 0 Å². The second-order valence-corrected chi connectivity index (χ2v) is 2.60. The molecule has 1 aromatic rings. The Hall–Kier alpha value is -1.49. The zero-order valence-corrected chi connectivity index (χ0v) is 7.80. The van der Waals surface area contributed by atoms with Gasteiger partial charge in [0, 0.05) is 18.0 Å². The van der Waals surface area contributed by atoms with Crippen molar-refractivity contribution in [3.8, 4) is 0 Å². The van der Waals surface area contributed by atoms with Gasteiger partial charge in [-0.05, 0) is 12.1 Å². The summed E-state index contributed by atoms with van der Waals surface area (Å²) in [6, 6.07) is 3.49. The summed E-state index contributed by atoms with van der Waals surface area (Å²) in [5, 5.41) is 2.38. The van der Waals surface area contributed by atoms with Crippen LogP contribution < -0.4 is 5.32 Å². The van der Waals surface area contributed by atoms with Gasteiger partial charge in [-0.15, -0.1) is 0 Å². The Morgan fingerprint density at radius 3 is 3.00 bits per heavy atom. The highest BCUT2D eigenvalue weighted by molar-refractivity contribution is 7.80.